The molecule has 6 nitrogen and oxygen atoms in total. The summed E-state index contributed by atoms with van der Waals surface area (Å²) in [4.78, 5) is 22.2. The molecule has 0 aromatic heterocycles. The van der Waals surface area contributed by atoms with E-state index < -0.39 is 30.4 Å². The van der Waals surface area contributed by atoms with Gasteiger partial charge in [-0.25, -0.2) is 0 Å². The van der Waals surface area contributed by atoms with Crippen molar-refractivity contribution in [3.8, 4) is 0 Å². The van der Waals surface area contributed by atoms with Gasteiger partial charge in [0.1, 0.15) is 18.8 Å². The molecule has 3 atom stereocenters. The Morgan fingerprint density at radius 3 is 2.52 bits per heavy atom. The van der Waals surface area contributed by atoms with Crippen LogP contribution in [-0.2, 0) is 35.0 Å². The molecule has 1 aliphatic rings. The van der Waals surface area contributed by atoms with E-state index in [1.54, 1.807) is 12.2 Å². The Labute approximate surface area is 147 Å². The molecule has 0 saturated carbocycles. The predicted octanol–water partition coefficient (Wildman–Crippen LogP) is 2.41. The van der Waals surface area contributed by atoms with Crippen molar-refractivity contribution in [3.05, 3.63) is 48.0 Å². The molecule has 0 radical (unpaired) electrons. The molecule has 6 heteroatoms. The number of esters is 2. The van der Waals surface area contributed by atoms with Gasteiger partial charge in [-0.3, -0.25) is 9.59 Å². The largest absolute Gasteiger partial charge is 0.463 e. The maximum Gasteiger partial charge on any atom is 0.303 e. The van der Waals surface area contributed by atoms with Crippen LogP contribution in [-0.4, -0.2) is 43.7 Å². The quantitative estimate of drug-likeness (QED) is 0.408. The molecule has 0 saturated heterocycles. The minimum absolute atomic E-state index is 0.00148. The van der Waals surface area contributed by atoms with Gasteiger partial charge in [0.25, 0.3) is 0 Å². The minimum Gasteiger partial charge on any atom is -0.463 e. The third kappa shape index (κ3) is 7.07. The summed E-state index contributed by atoms with van der Waals surface area (Å²) in [5.74, 6) is -0.839. The van der Waals surface area contributed by atoms with Gasteiger partial charge in [0, 0.05) is 13.8 Å². The second-order valence-corrected chi connectivity index (χ2v) is 5.76. The molecule has 1 aromatic rings. The average Bonchev–Trinajstić information content (AvgIpc) is 2.59. The van der Waals surface area contributed by atoms with Crippen LogP contribution in [0.2, 0.25) is 0 Å². The molecule has 136 valence electrons. The predicted molar refractivity (Wildman–Crippen MR) is 90.7 cm³/mol. The zero-order valence-electron chi connectivity index (χ0n) is 14.6. The van der Waals surface area contributed by atoms with Crippen molar-refractivity contribution < 1.29 is 28.5 Å². The summed E-state index contributed by atoms with van der Waals surface area (Å²) in [7, 11) is 0. The van der Waals surface area contributed by atoms with Gasteiger partial charge in [-0.2, -0.15) is 0 Å². The summed E-state index contributed by atoms with van der Waals surface area (Å²) in [6, 6.07) is 10.2. The van der Waals surface area contributed by atoms with Crippen LogP contribution in [0.25, 0.3) is 0 Å². The molecule has 0 amide bonds. The van der Waals surface area contributed by atoms with Gasteiger partial charge in [-0.15, -0.1) is 0 Å². The topological polar surface area (TPSA) is 71.1 Å². The molecule has 0 bridgehead atoms. The van der Waals surface area contributed by atoms with Gasteiger partial charge in [-0.05, 0) is 30.6 Å². The van der Waals surface area contributed by atoms with E-state index in [1.165, 1.54) is 19.4 Å². The maximum atomic E-state index is 11.2. The maximum absolute atomic E-state index is 11.2. The molecule has 1 aliphatic heterocycles. The van der Waals surface area contributed by atoms with Gasteiger partial charge >= 0.3 is 11.9 Å². The van der Waals surface area contributed by atoms with E-state index in [1.807, 2.05) is 18.2 Å². The van der Waals surface area contributed by atoms with Crippen LogP contribution in [0.4, 0.5) is 0 Å². The van der Waals surface area contributed by atoms with Crippen LogP contribution in [0, 0.1) is 0 Å². The summed E-state index contributed by atoms with van der Waals surface area (Å²) in [6.45, 7) is 3.17. The summed E-state index contributed by atoms with van der Waals surface area (Å²) >= 11 is 0. The Bertz CT molecular complexity index is 583. The summed E-state index contributed by atoms with van der Waals surface area (Å²) in [5, 5.41) is 0. The molecule has 0 aliphatic carbocycles. The lowest BCUT2D eigenvalue weighted by atomic mass is 10.1. The van der Waals surface area contributed by atoms with Crippen LogP contribution in [0.3, 0.4) is 0 Å². The first-order valence-corrected chi connectivity index (χ1v) is 8.34. The number of hydrogen-bond donors (Lipinski definition) is 0. The van der Waals surface area contributed by atoms with Crippen LogP contribution in [0.5, 0.6) is 0 Å². The van der Waals surface area contributed by atoms with Crippen molar-refractivity contribution in [1.29, 1.82) is 0 Å². The molecule has 0 unspecified atom stereocenters. The monoisotopic (exact) mass is 348 g/mol. The summed E-state index contributed by atoms with van der Waals surface area (Å²) in [6.07, 6.45) is 3.46. The molecular formula is C19H24O6. The first kappa shape index (κ1) is 19.1. The number of hydrogen-bond acceptors (Lipinski definition) is 6. The first-order chi connectivity index (χ1) is 12.0. The fourth-order valence-corrected chi connectivity index (χ4v) is 2.47. The fourth-order valence-electron chi connectivity index (χ4n) is 2.47. The summed E-state index contributed by atoms with van der Waals surface area (Å²) < 4.78 is 21.6. The van der Waals surface area contributed by atoms with E-state index in [0.717, 1.165) is 12.8 Å². The van der Waals surface area contributed by atoms with Crippen LogP contribution in [0.1, 0.15) is 25.8 Å². The zero-order valence-corrected chi connectivity index (χ0v) is 14.6. The number of benzene rings is 1. The summed E-state index contributed by atoms with van der Waals surface area (Å²) in [5.41, 5.74) is 1.26. The number of ether oxygens (including phenoxy) is 4. The van der Waals surface area contributed by atoms with Gasteiger partial charge < -0.3 is 18.9 Å². The molecule has 0 N–H and O–H groups in total. The van der Waals surface area contributed by atoms with Crippen LogP contribution in [0.15, 0.2) is 42.5 Å². The molecule has 2 rings (SSSR count). The van der Waals surface area contributed by atoms with E-state index >= 15 is 0 Å². The lowest BCUT2D eigenvalue weighted by Crippen LogP contribution is -2.42. The Kier molecular flexibility index (Phi) is 7.63. The second kappa shape index (κ2) is 9.96. The third-order valence-electron chi connectivity index (χ3n) is 3.62. The van der Waals surface area contributed by atoms with E-state index in [0.29, 0.717) is 6.61 Å². The molecule has 1 heterocycles. The molecule has 0 spiro atoms. The average molecular weight is 348 g/mol. The molecule has 1 aromatic carbocycles. The van der Waals surface area contributed by atoms with Gasteiger partial charge in [0.05, 0.1) is 6.61 Å². The highest BCUT2D eigenvalue weighted by Gasteiger charge is 2.30. The van der Waals surface area contributed by atoms with Crippen molar-refractivity contribution in [2.45, 2.75) is 45.2 Å². The third-order valence-corrected chi connectivity index (χ3v) is 3.62. The smallest absolute Gasteiger partial charge is 0.303 e. The number of aryl methyl sites for hydroxylation is 1. The van der Waals surface area contributed by atoms with Gasteiger partial charge in [0.2, 0.25) is 0 Å². The van der Waals surface area contributed by atoms with E-state index in [2.05, 4.69) is 12.1 Å². The van der Waals surface area contributed by atoms with Crippen molar-refractivity contribution in [1.82, 2.24) is 0 Å². The standard InChI is InChI=1S/C19H24O6/c1-14(20)23-13-18-17(24-15(2)21)10-11-19(25-18)22-12-6-9-16-7-4-3-5-8-16/h3-5,7-8,10-11,17-19H,6,9,12-13H2,1-2H3/t17-,18+,19-/m0/s1. The number of carbonyl (C=O) groups excluding carboxylic acids is 2. The van der Waals surface area contributed by atoms with Crippen molar-refractivity contribution >= 4 is 11.9 Å². The van der Waals surface area contributed by atoms with E-state index in [9.17, 15) is 9.59 Å². The fraction of sp³-hybridized carbons (Fsp3) is 0.474. The van der Waals surface area contributed by atoms with Gasteiger partial charge in [-0.1, -0.05) is 30.3 Å². The highest BCUT2D eigenvalue weighted by Crippen LogP contribution is 2.18. The van der Waals surface area contributed by atoms with Gasteiger partial charge in [0.15, 0.2) is 6.29 Å². The Balaban J connectivity index is 1.80. The second-order valence-electron chi connectivity index (χ2n) is 5.76. The Morgan fingerprint density at radius 1 is 1.08 bits per heavy atom. The normalized spacial score (nSPS) is 22.4. The van der Waals surface area contributed by atoms with Crippen molar-refractivity contribution in [2.24, 2.45) is 0 Å². The molecule has 0 fully saturated rings. The van der Waals surface area contributed by atoms with Crippen molar-refractivity contribution in [3.63, 3.8) is 0 Å². The van der Waals surface area contributed by atoms with E-state index in [-0.39, 0.29) is 6.61 Å². The highest BCUT2D eigenvalue weighted by molar-refractivity contribution is 5.66. The number of rotatable bonds is 8. The lowest BCUT2D eigenvalue weighted by molar-refractivity contribution is -0.197. The first-order valence-electron chi connectivity index (χ1n) is 8.34. The minimum atomic E-state index is -0.596. The van der Waals surface area contributed by atoms with E-state index in [4.69, 9.17) is 18.9 Å². The van der Waals surface area contributed by atoms with Crippen LogP contribution < -0.4 is 0 Å². The molecular weight excluding hydrogens is 324 g/mol. The Morgan fingerprint density at radius 2 is 1.84 bits per heavy atom. The SMILES string of the molecule is CC(=O)OC[C@H]1O[C@H](OCCCc2ccccc2)C=C[C@@H]1OC(C)=O. The lowest BCUT2D eigenvalue weighted by Gasteiger charge is -2.31. The molecule has 25 heavy (non-hydrogen) atoms. The van der Waals surface area contributed by atoms with Crippen molar-refractivity contribution in [2.75, 3.05) is 13.2 Å². The number of carbonyl (C=O) groups is 2. The Hall–Kier alpha value is -2.18. The van der Waals surface area contributed by atoms with Crippen LogP contribution >= 0.6 is 0 Å². The zero-order chi connectivity index (χ0) is 18.1. The highest BCUT2D eigenvalue weighted by atomic mass is 16.7.